The molecule has 1 aliphatic rings. The molecule has 0 radical (unpaired) electrons. The molecule has 1 aliphatic carbocycles. The number of halogens is 3. The van der Waals surface area contributed by atoms with Crippen LogP contribution in [0.1, 0.15) is 25.8 Å². The van der Waals surface area contributed by atoms with E-state index in [0.29, 0.717) is 5.56 Å². The monoisotopic (exact) mass is 275 g/mol. The third kappa shape index (κ3) is 1.42. The van der Waals surface area contributed by atoms with Crippen LogP contribution in [0, 0.1) is 17.0 Å². The Kier molecular flexibility index (Phi) is 2.21. The molecular formula is C11H12BrF2N. The average Bonchev–Trinajstić information content (AvgIpc) is 2.63. The van der Waals surface area contributed by atoms with Gasteiger partial charge in [-0.25, -0.2) is 8.78 Å². The van der Waals surface area contributed by atoms with Crippen LogP contribution in [0.5, 0.6) is 0 Å². The Labute approximate surface area is 95.8 Å². The molecule has 4 heteroatoms. The highest BCUT2D eigenvalue weighted by atomic mass is 79.9. The largest absolute Gasteiger partial charge is 0.321 e. The molecule has 1 aromatic rings. The minimum Gasteiger partial charge on any atom is -0.321 e. The molecule has 0 amide bonds. The van der Waals surface area contributed by atoms with Crippen molar-refractivity contribution in [1.29, 1.82) is 0 Å². The Hall–Kier alpha value is -0.480. The smallest absolute Gasteiger partial charge is 0.145 e. The van der Waals surface area contributed by atoms with Crippen LogP contribution in [0.15, 0.2) is 16.6 Å². The van der Waals surface area contributed by atoms with Gasteiger partial charge in [0, 0.05) is 11.1 Å². The van der Waals surface area contributed by atoms with E-state index in [1.54, 1.807) is 0 Å². The van der Waals surface area contributed by atoms with Gasteiger partial charge in [-0.05, 0) is 33.8 Å². The third-order valence-electron chi connectivity index (χ3n) is 3.32. The van der Waals surface area contributed by atoms with Crippen molar-refractivity contribution in [1.82, 2.24) is 0 Å². The molecule has 0 bridgehead atoms. The van der Waals surface area contributed by atoms with E-state index in [4.69, 9.17) is 5.73 Å². The van der Waals surface area contributed by atoms with Crippen LogP contribution in [0.2, 0.25) is 0 Å². The first-order valence-electron chi connectivity index (χ1n) is 4.72. The summed E-state index contributed by atoms with van der Waals surface area (Å²) in [6.07, 6.45) is 0.717. The second kappa shape index (κ2) is 3.01. The molecule has 0 saturated heterocycles. The molecule has 1 unspecified atom stereocenters. The molecule has 82 valence electrons. The molecule has 1 saturated carbocycles. The van der Waals surface area contributed by atoms with Gasteiger partial charge in [0.2, 0.25) is 0 Å². The SMILES string of the molecule is CC1(C)CC1(N)c1ccc(F)c(Br)c1F. The van der Waals surface area contributed by atoms with Gasteiger partial charge in [0.1, 0.15) is 11.6 Å². The molecule has 2 rings (SSSR count). The fourth-order valence-electron chi connectivity index (χ4n) is 1.98. The van der Waals surface area contributed by atoms with E-state index in [0.717, 1.165) is 6.42 Å². The minimum absolute atomic E-state index is 0.120. The number of hydrogen-bond donors (Lipinski definition) is 1. The molecule has 1 atom stereocenters. The van der Waals surface area contributed by atoms with Crippen LogP contribution >= 0.6 is 15.9 Å². The van der Waals surface area contributed by atoms with Crippen LogP contribution in [0.4, 0.5) is 8.78 Å². The van der Waals surface area contributed by atoms with E-state index >= 15 is 0 Å². The van der Waals surface area contributed by atoms with Gasteiger partial charge in [0.05, 0.1) is 4.47 Å². The number of nitrogens with two attached hydrogens (primary N) is 1. The Balaban J connectivity index is 2.53. The van der Waals surface area contributed by atoms with Gasteiger partial charge in [-0.2, -0.15) is 0 Å². The van der Waals surface area contributed by atoms with E-state index in [9.17, 15) is 8.78 Å². The van der Waals surface area contributed by atoms with Crippen molar-refractivity contribution in [2.75, 3.05) is 0 Å². The lowest BCUT2D eigenvalue weighted by atomic mass is 9.96. The first-order chi connectivity index (χ1) is 6.79. The van der Waals surface area contributed by atoms with Crippen molar-refractivity contribution in [2.24, 2.45) is 11.1 Å². The lowest BCUT2D eigenvalue weighted by Crippen LogP contribution is -2.27. The van der Waals surface area contributed by atoms with Crippen molar-refractivity contribution >= 4 is 15.9 Å². The summed E-state index contributed by atoms with van der Waals surface area (Å²) < 4.78 is 26.7. The first-order valence-corrected chi connectivity index (χ1v) is 5.52. The first kappa shape index (κ1) is 11.0. The topological polar surface area (TPSA) is 26.0 Å². The van der Waals surface area contributed by atoms with Crippen LogP contribution in [0.25, 0.3) is 0 Å². The van der Waals surface area contributed by atoms with Gasteiger partial charge in [-0.1, -0.05) is 19.9 Å². The quantitative estimate of drug-likeness (QED) is 0.782. The summed E-state index contributed by atoms with van der Waals surface area (Å²) >= 11 is 2.88. The standard InChI is InChI=1S/C11H12BrF2N/c1-10(2)5-11(10,15)6-3-4-7(13)8(12)9(6)14/h3-4H,5,15H2,1-2H3. The van der Waals surface area contributed by atoms with Crippen molar-refractivity contribution in [2.45, 2.75) is 25.8 Å². The van der Waals surface area contributed by atoms with Crippen LogP contribution < -0.4 is 5.73 Å². The summed E-state index contributed by atoms with van der Waals surface area (Å²) in [6.45, 7) is 3.95. The Morgan fingerprint density at radius 2 is 1.87 bits per heavy atom. The fourth-order valence-corrected chi connectivity index (χ4v) is 2.33. The van der Waals surface area contributed by atoms with Gasteiger partial charge in [-0.15, -0.1) is 0 Å². The van der Waals surface area contributed by atoms with Gasteiger partial charge >= 0.3 is 0 Å². The lowest BCUT2D eigenvalue weighted by molar-refractivity contribution is 0.475. The highest BCUT2D eigenvalue weighted by Gasteiger charge is 2.60. The highest BCUT2D eigenvalue weighted by Crippen LogP contribution is 2.61. The maximum Gasteiger partial charge on any atom is 0.145 e. The van der Waals surface area contributed by atoms with Crippen LogP contribution in [0.3, 0.4) is 0 Å². The second-order valence-electron chi connectivity index (χ2n) is 4.75. The highest BCUT2D eigenvalue weighted by molar-refractivity contribution is 9.10. The van der Waals surface area contributed by atoms with E-state index in [1.807, 2.05) is 13.8 Å². The van der Waals surface area contributed by atoms with E-state index < -0.39 is 17.2 Å². The third-order valence-corrected chi connectivity index (χ3v) is 4.05. The normalized spacial score (nSPS) is 27.9. The van der Waals surface area contributed by atoms with Crippen molar-refractivity contribution in [3.05, 3.63) is 33.8 Å². The van der Waals surface area contributed by atoms with E-state index in [2.05, 4.69) is 15.9 Å². The molecule has 15 heavy (non-hydrogen) atoms. The number of benzene rings is 1. The molecule has 0 aromatic heterocycles. The fraction of sp³-hybridized carbons (Fsp3) is 0.455. The zero-order valence-corrected chi connectivity index (χ0v) is 10.2. The lowest BCUT2D eigenvalue weighted by Gasteiger charge is -2.17. The molecule has 1 fully saturated rings. The van der Waals surface area contributed by atoms with Crippen molar-refractivity contribution in [3.8, 4) is 0 Å². The number of rotatable bonds is 1. The summed E-state index contributed by atoms with van der Waals surface area (Å²) in [5.74, 6) is -1.18. The summed E-state index contributed by atoms with van der Waals surface area (Å²) in [4.78, 5) is 0. The summed E-state index contributed by atoms with van der Waals surface area (Å²) in [5, 5.41) is 0. The molecule has 2 N–H and O–H groups in total. The van der Waals surface area contributed by atoms with Crippen LogP contribution in [-0.2, 0) is 5.54 Å². The Morgan fingerprint density at radius 3 is 2.33 bits per heavy atom. The minimum atomic E-state index is -0.659. The van der Waals surface area contributed by atoms with Gasteiger partial charge in [-0.3, -0.25) is 0 Å². The summed E-state index contributed by atoms with van der Waals surface area (Å²) in [7, 11) is 0. The van der Waals surface area contributed by atoms with Crippen molar-refractivity contribution < 1.29 is 8.78 Å². The molecule has 0 heterocycles. The second-order valence-corrected chi connectivity index (χ2v) is 5.55. The maximum absolute atomic E-state index is 13.8. The average molecular weight is 276 g/mol. The summed E-state index contributed by atoms with van der Waals surface area (Å²) in [6, 6.07) is 2.68. The maximum atomic E-state index is 13.8. The van der Waals surface area contributed by atoms with Crippen LogP contribution in [-0.4, -0.2) is 0 Å². The predicted molar refractivity (Wildman–Crippen MR) is 58.3 cm³/mol. The Morgan fingerprint density at radius 1 is 1.33 bits per heavy atom. The molecular weight excluding hydrogens is 264 g/mol. The van der Waals surface area contributed by atoms with Crippen molar-refractivity contribution in [3.63, 3.8) is 0 Å². The molecule has 1 nitrogen and oxygen atoms in total. The van der Waals surface area contributed by atoms with Gasteiger partial charge in [0.15, 0.2) is 0 Å². The van der Waals surface area contributed by atoms with E-state index in [1.165, 1.54) is 12.1 Å². The zero-order chi connectivity index (χ0) is 11.4. The Bertz CT molecular complexity index is 431. The van der Waals surface area contributed by atoms with Gasteiger partial charge < -0.3 is 5.73 Å². The summed E-state index contributed by atoms with van der Waals surface area (Å²) in [5.41, 5.74) is 5.69. The van der Waals surface area contributed by atoms with Gasteiger partial charge in [0.25, 0.3) is 0 Å². The zero-order valence-electron chi connectivity index (χ0n) is 8.57. The number of hydrogen-bond acceptors (Lipinski definition) is 1. The predicted octanol–water partition coefficient (Wildman–Crippen LogP) is 3.31. The molecule has 0 spiro atoms. The van der Waals surface area contributed by atoms with E-state index in [-0.39, 0.29) is 9.89 Å². The molecule has 1 aromatic carbocycles. The molecule has 0 aliphatic heterocycles.